The van der Waals surface area contributed by atoms with Gasteiger partial charge in [-0.1, -0.05) is 49.6 Å². The largest absolute Gasteiger partial charge is 0.465 e. The highest BCUT2D eigenvalue weighted by atomic mass is 16.7. The first-order valence-corrected chi connectivity index (χ1v) is 9.27. The van der Waals surface area contributed by atoms with E-state index in [0.29, 0.717) is 13.0 Å². The van der Waals surface area contributed by atoms with Crippen molar-refractivity contribution in [2.75, 3.05) is 19.8 Å². The van der Waals surface area contributed by atoms with E-state index in [2.05, 4.69) is 0 Å². The summed E-state index contributed by atoms with van der Waals surface area (Å²) in [6.45, 7) is 2.16. The smallest absolute Gasteiger partial charge is 0.310 e. The van der Waals surface area contributed by atoms with E-state index < -0.39 is 0 Å². The van der Waals surface area contributed by atoms with Crippen molar-refractivity contribution in [3.05, 3.63) is 35.9 Å². The molecule has 0 bridgehead atoms. The van der Waals surface area contributed by atoms with Crippen molar-refractivity contribution in [2.45, 2.75) is 64.1 Å². The van der Waals surface area contributed by atoms with Gasteiger partial charge >= 0.3 is 5.97 Å². The van der Waals surface area contributed by atoms with Crippen LogP contribution in [0.3, 0.4) is 0 Å². The maximum absolute atomic E-state index is 11.7. The van der Waals surface area contributed by atoms with Gasteiger partial charge in [0.1, 0.15) is 0 Å². The summed E-state index contributed by atoms with van der Waals surface area (Å²) in [6, 6.07) is 9.71. The van der Waals surface area contributed by atoms with E-state index in [1.807, 2.05) is 30.3 Å². The van der Waals surface area contributed by atoms with E-state index in [1.54, 1.807) is 0 Å². The van der Waals surface area contributed by atoms with Crippen molar-refractivity contribution in [2.24, 2.45) is 0 Å². The van der Waals surface area contributed by atoms with Crippen LogP contribution in [-0.2, 0) is 25.4 Å². The van der Waals surface area contributed by atoms with E-state index >= 15 is 0 Å². The lowest BCUT2D eigenvalue weighted by atomic mass is 10.1. The molecule has 134 valence electrons. The molecule has 1 aromatic carbocycles. The molecule has 24 heavy (non-hydrogen) atoms. The van der Waals surface area contributed by atoms with Gasteiger partial charge in [0.2, 0.25) is 0 Å². The van der Waals surface area contributed by atoms with Gasteiger partial charge in [0.05, 0.1) is 13.0 Å². The number of ether oxygens (including phenoxy) is 3. The molecular formula is C20H30O4. The van der Waals surface area contributed by atoms with Crippen LogP contribution < -0.4 is 0 Å². The summed E-state index contributed by atoms with van der Waals surface area (Å²) in [4.78, 5) is 11.7. The molecule has 0 radical (unpaired) electrons. The zero-order chi connectivity index (χ0) is 16.9. The number of hydrogen-bond acceptors (Lipinski definition) is 4. The summed E-state index contributed by atoms with van der Waals surface area (Å²) in [7, 11) is 0. The van der Waals surface area contributed by atoms with Gasteiger partial charge in [-0.05, 0) is 37.7 Å². The van der Waals surface area contributed by atoms with Gasteiger partial charge in [-0.25, -0.2) is 0 Å². The molecule has 1 aromatic rings. The van der Waals surface area contributed by atoms with Gasteiger partial charge < -0.3 is 14.2 Å². The summed E-state index contributed by atoms with van der Waals surface area (Å²) in [5.41, 5.74) is 1.00. The topological polar surface area (TPSA) is 44.8 Å². The van der Waals surface area contributed by atoms with Crippen LogP contribution in [0.2, 0.25) is 0 Å². The average molecular weight is 334 g/mol. The molecule has 0 aliphatic carbocycles. The second kappa shape index (κ2) is 12.0. The predicted molar refractivity (Wildman–Crippen MR) is 93.7 cm³/mol. The second-order valence-corrected chi connectivity index (χ2v) is 6.32. The molecule has 0 spiro atoms. The molecular weight excluding hydrogens is 304 g/mol. The SMILES string of the molecule is O=C(Cc1ccccc1)OCCCCCCCOC1CCCCO1. The Labute approximate surface area is 145 Å². The number of carbonyl (C=O) groups is 1. The second-order valence-electron chi connectivity index (χ2n) is 6.32. The number of carbonyl (C=O) groups excluding carboxylic acids is 1. The number of rotatable bonds is 11. The van der Waals surface area contributed by atoms with Crippen LogP contribution in [0.1, 0.15) is 56.9 Å². The number of esters is 1. The quantitative estimate of drug-likeness (QED) is 0.448. The molecule has 2 rings (SSSR count). The van der Waals surface area contributed by atoms with Crippen LogP contribution in [0.5, 0.6) is 0 Å². The summed E-state index contributed by atoms with van der Waals surface area (Å²) >= 11 is 0. The standard InChI is InChI=1S/C20H30O4/c21-19(17-18-11-5-4-6-12-18)22-14-8-2-1-3-9-15-23-20-13-7-10-16-24-20/h4-6,11-12,20H,1-3,7-10,13-17H2. The minimum Gasteiger partial charge on any atom is -0.465 e. The van der Waals surface area contributed by atoms with Crippen molar-refractivity contribution in [3.8, 4) is 0 Å². The molecule has 1 aliphatic rings. The summed E-state index contributed by atoms with van der Waals surface area (Å²) in [6.07, 6.45) is 9.23. The maximum Gasteiger partial charge on any atom is 0.310 e. The third kappa shape index (κ3) is 8.46. The normalized spacial score (nSPS) is 17.6. The van der Waals surface area contributed by atoms with Gasteiger partial charge in [-0.15, -0.1) is 0 Å². The minimum atomic E-state index is -0.137. The number of benzene rings is 1. The highest BCUT2D eigenvalue weighted by Gasteiger charge is 2.13. The van der Waals surface area contributed by atoms with Crippen LogP contribution in [0.4, 0.5) is 0 Å². The number of unbranched alkanes of at least 4 members (excludes halogenated alkanes) is 4. The van der Waals surface area contributed by atoms with Crippen LogP contribution >= 0.6 is 0 Å². The Balaban J connectivity index is 1.37. The lowest BCUT2D eigenvalue weighted by Gasteiger charge is -2.22. The molecule has 1 fully saturated rings. The van der Waals surface area contributed by atoms with E-state index in [4.69, 9.17) is 14.2 Å². The van der Waals surface area contributed by atoms with Gasteiger partial charge in [-0.3, -0.25) is 4.79 Å². The third-order valence-corrected chi connectivity index (χ3v) is 4.18. The van der Waals surface area contributed by atoms with E-state index in [0.717, 1.165) is 63.7 Å². The molecule has 4 heteroatoms. The first-order chi connectivity index (χ1) is 11.8. The highest BCUT2D eigenvalue weighted by molar-refractivity contribution is 5.72. The molecule has 1 heterocycles. The van der Waals surface area contributed by atoms with Crippen LogP contribution in [0.25, 0.3) is 0 Å². The van der Waals surface area contributed by atoms with Gasteiger partial charge in [-0.2, -0.15) is 0 Å². The fourth-order valence-corrected chi connectivity index (χ4v) is 2.79. The Morgan fingerprint density at radius 1 is 1.00 bits per heavy atom. The molecule has 1 aliphatic heterocycles. The Bertz CT molecular complexity index is 440. The van der Waals surface area contributed by atoms with Gasteiger partial charge in [0.15, 0.2) is 6.29 Å². The van der Waals surface area contributed by atoms with Crippen molar-refractivity contribution in [3.63, 3.8) is 0 Å². The zero-order valence-corrected chi connectivity index (χ0v) is 14.6. The van der Waals surface area contributed by atoms with E-state index in [1.165, 1.54) is 6.42 Å². The summed E-state index contributed by atoms with van der Waals surface area (Å²) < 4.78 is 16.5. The summed E-state index contributed by atoms with van der Waals surface area (Å²) in [5.74, 6) is -0.137. The van der Waals surface area contributed by atoms with E-state index in [-0.39, 0.29) is 12.3 Å². The first-order valence-electron chi connectivity index (χ1n) is 9.27. The van der Waals surface area contributed by atoms with Crippen LogP contribution in [0.15, 0.2) is 30.3 Å². The molecule has 4 nitrogen and oxygen atoms in total. The fourth-order valence-electron chi connectivity index (χ4n) is 2.79. The molecule has 1 atom stereocenters. The lowest BCUT2D eigenvalue weighted by Crippen LogP contribution is -2.22. The highest BCUT2D eigenvalue weighted by Crippen LogP contribution is 2.14. The molecule has 0 N–H and O–H groups in total. The molecule has 0 aromatic heterocycles. The van der Waals surface area contributed by atoms with Crippen molar-refractivity contribution < 1.29 is 19.0 Å². The minimum absolute atomic E-state index is 0.0303. The maximum atomic E-state index is 11.7. The molecule has 1 unspecified atom stereocenters. The Morgan fingerprint density at radius 3 is 2.50 bits per heavy atom. The van der Waals surface area contributed by atoms with Crippen LogP contribution in [0, 0.1) is 0 Å². The first kappa shape index (κ1) is 18.9. The van der Waals surface area contributed by atoms with Gasteiger partial charge in [0.25, 0.3) is 0 Å². The van der Waals surface area contributed by atoms with Crippen LogP contribution in [-0.4, -0.2) is 32.1 Å². The Morgan fingerprint density at radius 2 is 1.75 bits per heavy atom. The fraction of sp³-hybridized carbons (Fsp3) is 0.650. The average Bonchev–Trinajstić information content (AvgIpc) is 2.62. The third-order valence-electron chi connectivity index (χ3n) is 4.18. The Kier molecular flexibility index (Phi) is 9.50. The predicted octanol–water partition coefficient (Wildman–Crippen LogP) is 4.27. The Hall–Kier alpha value is -1.39. The zero-order valence-electron chi connectivity index (χ0n) is 14.6. The van der Waals surface area contributed by atoms with Gasteiger partial charge in [0, 0.05) is 13.2 Å². The number of hydrogen-bond donors (Lipinski definition) is 0. The molecule has 0 saturated carbocycles. The van der Waals surface area contributed by atoms with Crippen molar-refractivity contribution in [1.82, 2.24) is 0 Å². The van der Waals surface area contributed by atoms with Crippen molar-refractivity contribution in [1.29, 1.82) is 0 Å². The monoisotopic (exact) mass is 334 g/mol. The molecule has 1 saturated heterocycles. The van der Waals surface area contributed by atoms with E-state index in [9.17, 15) is 4.79 Å². The summed E-state index contributed by atoms with van der Waals surface area (Å²) in [5, 5.41) is 0. The lowest BCUT2D eigenvalue weighted by molar-refractivity contribution is -0.162. The van der Waals surface area contributed by atoms with Crippen molar-refractivity contribution >= 4 is 5.97 Å². The molecule has 0 amide bonds.